The minimum absolute atomic E-state index is 0.110. The number of benzene rings is 2. The number of nitrogens with one attached hydrogen (secondary N) is 3. The topological polar surface area (TPSA) is 147 Å². The van der Waals surface area contributed by atoms with Gasteiger partial charge in [-0.2, -0.15) is 5.10 Å². The number of anilines is 1. The van der Waals surface area contributed by atoms with Crippen LogP contribution in [-0.2, 0) is 28.2 Å². The number of aliphatic hydroxyl groups is 1. The van der Waals surface area contributed by atoms with Crippen LogP contribution in [0.3, 0.4) is 0 Å². The van der Waals surface area contributed by atoms with E-state index in [4.69, 9.17) is 21.3 Å². The third-order valence-corrected chi connectivity index (χ3v) is 8.55. The number of amides is 1. The van der Waals surface area contributed by atoms with Gasteiger partial charge in [-0.05, 0) is 77.4 Å². The molecule has 0 radical (unpaired) electrons. The maximum absolute atomic E-state index is 14.4. The summed E-state index contributed by atoms with van der Waals surface area (Å²) in [5, 5.41) is 20.3. The molecule has 2 aromatic carbocycles. The number of alkyl carbamates (subject to hydrolysis) is 1. The number of ether oxygens (including phenoxy) is 1. The van der Waals surface area contributed by atoms with Crippen molar-refractivity contribution in [1.29, 1.82) is 0 Å². The Morgan fingerprint density at radius 2 is 1.73 bits per heavy atom. The average molecular weight is 703 g/mol. The monoisotopic (exact) mass is 702 g/mol. The molecule has 11 nitrogen and oxygen atoms in total. The summed E-state index contributed by atoms with van der Waals surface area (Å²) in [4.78, 5) is 18.1. The molecule has 2 aromatic heterocycles. The second-order valence-electron chi connectivity index (χ2n) is 12.6. The molecule has 0 aliphatic carbocycles. The van der Waals surface area contributed by atoms with Crippen molar-refractivity contribution in [1.82, 2.24) is 24.8 Å². The van der Waals surface area contributed by atoms with E-state index in [-0.39, 0.29) is 38.8 Å². The molecule has 0 bridgehead atoms. The molecule has 0 aliphatic rings. The molecule has 1 atom stereocenters. The standard InChI is InChI=1S/C33H37ClF2N6O5S/c1-32(2,3)40-31(43)47-26(15-18-13-19(35)16-20(36)14-18)28-22(17-25(37-6)24(39-28)11-12-33(4,5)44)21-9-10-23(34)27-29(21)42(8)41-30(27)48(45,46)38-7/h9-10,13-14,16-17,26,37-38,44H,15H2,1-8H3,(H,40,43)/t26-/m0/s1. The molecule has 2 heterocycles. The number of halogens is 3. The smallest absolute Gasteiger partial charge is 0.408 e. The van der Waals surface area contributed by atoms with Gasteiger partial charge < -0.3 is 20.5 Å². The van der Waals surface area contributed by atoms with E-state index in [1.807, 2.05) is 0 Å². The van der Waals surface area contributed by atoms with Crippen molar-refractivity contribution in [3.8, 4) is 23.0 Å². The van der Waals surface area contributed by atoms with E-state index in [1.54, 1.807) is 47.0 Å². The first-order valence-electron chi connectivity index (χ1n) is 14.7. The largest absolute Gasteiger partial charge is 0.439 e. The maximum Gasteiger partial charge on any atom is 0.408 e. The number of carbonyl (C=O) groups is 1. The summed E-state index contributed by atoms with van der Waals surface area (Å²) in [6.45, 7) is 8.26. The van der Waals surface area contributed by atoms with Gasteiger partial charge in [-0.25, -0.2) is 31.7 Å². The van der Waals surface area contributed by atoms with Gasteiger partial charge in [0.1, 0.15) is 22.9 Å². The van der Waals surface area contributed by atoms with Gasteiger partial charge in [-0.3, -0.25) is 4.68 Å². The van der Waals surface area contributed by atoms with E-state index in [9.17, 15) is 27.1 Å². The Kier molecular flexibility index (Phi) is 10.4. The van der Waals surface area contributed by atoms with E-state index >= 15 is 0 Å². The van der Waals surface area contributed by atoms with Gasteiger partial charge in [0.25, 0.3) is 10.0 Å². The van der Waals surface area contributed by atoms with Crippen LogP contribution < -0.4 is 15.4 Å². The first-order chi connectivity index (χ1) is 22.2. The van der Waals surface area contributed by atoms with Gasteiger partial charge >= 0.3 is 6.09 Å². The molecule has 256 valence electrons. The number of hydrogen-bond acceptors (Lipinski definition) is 8. The van der Waals surface area contributed by atoms with Gasteiger partial charge in [-0.1, -0.05) is 23.6 Å². The highest BCUT2D eigenvalue weighted by molar-refractivity contribution is 7.89. The van der Waals surface area contributed by atoms with E-state index in [0.717, 1.165) is 18.2 Å². The summed E-state index contributed by atoms with van der Waals surface area (Å²) in [5.74, 6) is 3.94. The Labute approximate surface area is 283 Å². The highest BCUT2D eigenvalue weighted by atomic mass is 35.5. The van der Waals surface area contributed by atoms with E-state index in [1.165, 1.54) is 31.6 Å². The minimum atomic E-state index is -4.06. The molecule has 0 unspecified atom stereocenters. The molecular weight excluding hydrogens is 666 g/mol. The van der Waals surface area contributed by atoms with Crippen LogP contribution in [0.1, 0.15) is 57.7 Å². The predicted molar refractivity (Wildman–Crippen MR) is 180 cm³/mol. The van der Waals surface area contributed by atoms with E-state index in [0.29, 0.717) is 22.3 Å². The van der Waals surface area contributed by atoms with Crippen molar-refractivity contribution in [2.75, 3.05) is 19.4 Å². The molecule has 15 heteroatoms. The molecule has 0 aliphatic heterocycles. The van der Waals surface area contributed by atoms with Crippen LogP contribution in [0, 0.1) is 23.5 Å². The Hall–Kier alpha value is -4.29. The normalized spacial score (nSPS) is 12.8. The summed E-state index contributed by atoms with van der Waals surface area (Å²) in [5.41, 5.74) is -0.170. The van der Waals surface area contributed by atoms with Crippen LogP contribution in [0.5, 0.6) is 0 Å². The second-order valence-corrected chi connectivity index (χ2v) is 14.8. The number of aromatic nitrogens is 3. The Morgan fingerprint density at radius 1 is 1.08 bits per heavy atom. The van der Waals surface area contributed by atoms with Crippen LogP contribution >= 0.6 is 11.6 Å². The van der Waals surface area contributed by atoms with Crippen molar-refractivity contribution < 1.29 is 31.8 Å². The maximum atomic E-state index is 14.4. The molecule has 0 saturated carbocycles. The van der Waals surface area contributed by atoms with Crippen molar-refractivity contribution in [3.05, 3.63) is 70.0 Å². The van der Waals surface area contributed by atoms with Crippen LogP contribution in [0.4, 0.5) is 19.3 Å². The molecule has 4 aromatic rings. The lowest BCUT2D eigenvalue weighted by Crippen LogP contribution is -2.41. The lowest BCUT2D eigenvalue weighted by Gasteiger charge is -2.25. The highest BCUT2D eigenvalue weighted by Crippen LogP contribution is 2.41. The summed E-state index contributed by atoms with van der Waals surface area (Å²) >= 11 is 6.57. The SMILES string of the molecule is CNc1cc(-c2ccc(Cl)c3c(S(=O)(=O)NC)nn(C)c23)c([C@H](Cc2cc(F)cc(F)c2)OC(=O)NC(C)(C)C)nc1C#CC(C)(C)O. The lowest BCUT2D eigenvalue weighted by molar-refractivity contribution is 0.0891. The molecule has 0 spiro atoms. The number of fused-ring (bicyclic) bond motifs is 1. The number of rotatable bonds is 8. The molecule has 4 rings (SSSR count). The first kappa shape index (κ1) is 36.5. The number of carbonyl (C=O) groups excluding carboxylic acids is 1. The van der Waals surface area contributed by atoms with E-state index in [2.05, 4.69) is 32.3 Å². The third kappa shape index (κ3) is 8.40. The Balaban J connectivity index is 2.11. The fourth-order valence-electron chi connectivity index (χ4n) is 4.93. The molecule has 48 heavy (non-hydrogen) atoms. The summed E-state index contributed by atoms with van der Waals surface area (Å²) in [7, 11) is 0.374. The first-order valence-corrected chi connectivity index (χ1v) is 16.6. The van der Waals surface area contributed by atoms with Crippen LogP contribution in [-0.4, -0.2) is 59.6 Å². The van der Waals surface area contributed by atoms with Crippen molar-refractivity contribution >= 4 is 44.3 Å². The van der Waals surface area contributed by atoms with Gasteiger partial charge in [0.15, 0.2) is 6.10 Å². The summed E-state index contributed by atoms with van der Waals surface area (Å²) in [6, 6.07) is 7.78. The zero-order chi connectivity index (χ0) is 35.8. The Bertz CT molecular complexity index is 2040. The van der Waals surface area contributed by atoms with Crippen LogP contribution in [0.2, 0.25) is 5.02 Å². The summed E-state index contributed by atoms with van der Waals surface area (Å²) in [6.07, 6.45) is -2.31. The van der Waals surface area contributed by atoms with Gasteiger partial charge in [0.05, 0.1) is 27.3 Å². The summed E-state index contributed by atoms with van der Waals surface area (Å²) < 4.78 is 64.2. The van der Waals surface area contributed by atoms with Gasteiger partial charge in [0.2, 0.25) is 5.03 Å². The number of aryl methyl sites for hydroxylation is 1. The van der Waals surface area contributed by atoms with Crippen LogP contribution in [0.25, 0.3) is 22.0 Å². The average Bonchev–Trinajstić information content (AvgIpc) is 3.32. The number of nitrogens with zero attached hydrogens (tertiary/aromatic N) is 3. The van der Waals surface area contributed by atoms with Gasteiger partial charge in [-0.15, -0.1) is 0 Å². The molecule has 4 N–H and O–H groups in total. The van der Waals surface area contributed by atoms with Crippen LogP contribution in [0.15, 0.2) is 41.4 Å². The van der Waals surface area contributed by atoms with Crippen molar-refractivity contribution in [2.24, 2.45) is 7.05 Å². The third-order valence-electron chi connectivity index (χ3n) is 6.90. The molecular formula is C33H37ClF2N6O5S. The second kappa shape index (κ2) is 13.7. The van der Waals surface area contributed by atoms with E-state index < -0.39 is 45.0 Å². The Morgan fingerprint density at radius 3 is 2.29 bits per heavy atom. The van der Waals surface area contributed by atoms with Crippen molar-refractivity contribution in [3.63, 3.8) is 0 Å². The number of pyridine rings is 1. The zero-order valence-corrected chi connectivity index (χ0v) is 29.3. The van der Waals surface area contributed by atoms with Crippen molar-refractivity contribution in [2.45, 2.75) is 63.3 Å². The number of sulfonamides is 1. The fourth-order valence-corrected chi connectivity index (χ4v) is 6.13. The minimum Gasteiger partial charge on any atom is -0.439 e. The lowest BCUT2D eigenvalue weighted by atomic mass is 9.94. The molecule has 0 fully saturated rings. The molecule has 0 saturated heterocycles. The highest BCUT2D eigenvalue weighted by Gasteiger charge is 2.30. The fraction of sp³-hybridized carbons (Fsp3) is 0.364. The number of hydrogen-bond donors (Lipinski definition) is 4. The molecule has 1 amide bonds. The quantitative estimate of drug-likeness (QED) is 0.177. The zero-order valence-electron chi connectivity index (χ0n) is 27.7. The van der Waals surface area contributed by atoms with Gasteiger partial charge in [0, 0.05) is 43.2 Å². The predicted octanol–water partition coefficient (Wildman–Crippen LogP) is 5.45.